The first-order valence-corrected chi connectivity index (χ1v) is 9.17. The van der Waals surface area contributed by atoms with E-state index in [2.05, 4.69) is 0 Å². The van der Waals surface area contributed by atoms with E-state index in [0.29, 0.717) is 28.0 Å². The molecule has 3 rings (SSSR count). The monoisotopic (exact) mass is 382 g/mol. The average molecular weight is 382 g/mol. The zero-order valence-corrected chi connectivity index (χ0v) is 16.1. The molecule has 6 nitrogen and oxygen atoms in total. The van der Waals surface area contributed by atoms with Crippen molar-refractivity contribution in [3.05, 3.63) is 54.1 Å². The van der Waals surface area contributed by atoms with Crippen molar-refractivity contribution >= 4 is 22.9 Å². The average Bonchev–Trinajstić information content (AvgIpc) is 3.08. The fourth-order valence-corrected chi connectivity index (χ4v) is 2.86. The number of ether oxygens (including phenoxy) is 3. The summed E-state index contributed by atoms with van der Waals surface area (Å²) in [5.41, 5.74) is 1.62. The second-order valence-electron chi connectivity index (χ2n) is 6.06. The molecule has 0 aliphatic carbocycles. The highest BCUT2D eigenvalue weighted by Crippen LogP contribution is 2.36. The van der Waals surface area contributed by atoms with Gasteiger partial charge in [-0.15, -0.1) is 0 Å². The van der Waals surface area contributed by atoms with Crippen molar-refractivity contribution in [2.45, 2.75) is 26.9 Å². The van der Waals surface area contributed by atoms with Gasteiger partial charge in [-0.05, 0) is 39.0 Å². The van der Waals surface area contributed by atoms with Gasteiger partial charge in [-0.2, -0.15) is 0 Å². The predicted molar refractivity (Wildman–Crippen MR) is 104 cm³/mol. The van der Waals surface area contributed by atoms with Crippen LogP contribution in [0.4, 0.5) is 0 Å². The van der Waals surface area contributed by atoms with Crippen molar-refractivity contribution < 1.29 is 28.2 Å². The Morgan fingerprint density at radius 1 is 1.00 bits per heavy atom. The van der Waals surface area contributed by atoms with E-state index in [0.717, 1.165) is 5.56 Å². The van der Waals surface area contributed by atoms with Gasteiger partial charge in [0.15, 0.2) is 6.10 Å². The Morgan fingerprint density at radius 3 is 2.39 bits per heavy atom. The zero-order chi connectivity index (χ0) is 20.1. The first-order chi connectivity index (χ1) is 13.5. The molecule has 0 bridgehead atoms. The van der Waals surface area contributed by atoms with Crippen molar-refractivity contribution in [2.24, 2.45) is 0 Å². The molecule has 0 aliphatic rings. The number of hydrogen-bond acceptors (Lipinski definition) is 6. The van der Waals surface area contributed by atoms with E-state index < -0.39 is 18.0 Å². The highest BCUT2D eigenvalue weighted by Gasteiger charge is 2.24. The van der Waals surface area contributed by atoms with E-state index in [1.54, 1.807) is 39.0 Å². The summed E-state index contributed by atoms with van der Waals surface area (Å²) in [6.07, 6.45) is -0.774. The third kappa shape index (κ3) is 4.01. The predicted octanol–water partition coefficient (Wildman–Crippen LogP) is 4.61. The lowest BCUT2D eigenvalue weighted by molar-refractivity contribution is -0.150. The van der Waals surface area contributed by atoms with Crippen LogP contribution < -0.4 is 4.74 Å². The number of carbonyl (C=O) groups is 2. The minimum atomic E-state index is -0.774. The molecule has 0 unspecified atom stereocenters. The first-order valence-electron chi connectivity index (χ1n) is 9.17. The van der Waals surface area contributed by atoms with Gasteiger partial charge in [0.25, 0.3) is 0 Å². The van der Waals surface area contributed by atoms with Gasteiger partial charge in [0.1, 0.15) is 22.7 Å². The van der Waals surface area contributed by atoms with Gasteiger partial charge in [0, 0.05) is 10.9 Å². The largest absolute Gasteiger partial charge is 0.479 e. The molecular formula is C22H22O6. The molecule has 1 heterocycles. The summed E-state index contributed by atoms with van der Waals surface area (Å²) in [4.78, 5) is 24.5. The Morgan fingerprint density at radius 2 is 1.71 bits per heavy atom. The fraction of sp³-hybridized carbons (Fsp3) is 0.273. The molecule has 3 aromatic rings. The van der Waals surface area contributed by atoms with E-state index in [-0.39, 0.29) is 13.2 Å². The van der Waals surface area contributed by atoms with Crippen LogP contribution in [-0.2, 0) is 14.3 Å². The molecule has 1 aromatic heterocycles. The molecular weight excluding hydrogens is 360 g/mol. The van der Waals surface area contributed by atoms with Crippen LogP contribution in [0.5, 0.6) is 5.75 Å². The second-order valence-corrected chi connectivity index (χ2v) is 6.06. The number of benzene rings is 2. The number of fused-ring (bicyclic) bond motifs is 1. The van der Waals surface area contributed by atoms with Crippen molar-refractivity contribution in [1.29, 1.82) is 0 Å². The van der Waals surface area contributed by atoms with Gasteiger partial charge >= 0.3 is 11.9 Å². The number of furan rings is 1. The highest BCUT2D eigenvalue weighted by molar-refractivity contribution is 6.09. The van der Waals surface area contributed by atoms with E-state index in [4.69, 9.17) is 18.6 Å². The van der Waals surface area contributed by atoms with Crippen LogP contribution in [0.2, 0.25) is 0 Å². The first kappa shape index (κ1) is 19.5. The third-order valence-electron chi connectivity index (χ3n) is 4.11. The summed E-state index contributed by atoms with van der Waals surface area (Å²) in [5, 5.41) is 0.561. The molecule has 1 atom stereocenters. The van der Waals surface area contributed by atoms with E-state index in [1.165, 1.54) is 0 Å². The van der Waals surface area contributed by atoms with E-state index in [1.807, 2.05) is 30.3 Å². The Labute approximate surface area is 163 Å². The molecule has 0 spiro atoms. The minimum Gasteiger partial charge on any atom is -0.479 e. The normalized spacial score (nSPS) is 11.8. The standard InChI is InChI=1S/C22H22O6/c1-4-25-21(23)14(3)27-16-11-12-18-17(13-16)19(22(24)26-5-2)20(28-18)15-9-7-6-8-10-15/h6-14H,4-5H2,1-3H3/t14-/m0/s1. The third-order valence-corrected chi connectivity index (χ3v) is 4.11. The zero-order valence-electron chi connectivity index (χ0n) is 16.1. The van der Waals surface area contributed by atoms with Crippen LogP contribution in [0, 0.1) is 0 Å². The lowest BCUT2D eigenvalue weighted by atomic mass is 10.1. The number of carbonyl (C=O) groups excluding carboxylic acids is 2. The summed E-state index contributed by atoms with van der Waals surface area (Å²) in [6.45, 7) is 5.62. The van der Waals surface area contributed by atoms with Gasteiger partial charge in [0.05, 0.1) is 13.2 Å². The van der Waals surface area contributed by atoms with Gasteiger partial charge in [0.2, 0.25) is 0 Å². The SMILES string of the molecule is CCOC(=O)c1c(-c2ccccc2)oc2ccc(O[C@@H](C)C(=O)OCC)cc12. The molecule has 6 heteroatoms. The summed E-state index contributed by atoms with van der Waals surface area (Å²) in [7, 11) is 0. The van der Waals surface area contributed by atoms with Gasteiger partial charge in [-0.3, -0.25) is 0 Å². The molecule has 0 N–H and O–H groups in total. The van der Waals surface area contributed by atoms with E-state index >= 15 is 0 Å². The molecule has 0 saturated heterocycles. The molecule has 146 valence electrons. The number of hydrogen-bond donors (Lipinski definition) is 0. The molecule has 0 aliphatic heterocycles. The Hall–Kier alpha value is -3.28. The second kappa shape index (κ2) is 8.61. The summed E-state index contributed by atoms with van der Waals surface area (Å²) < 4.78 is 21.8. The topological polar surface area (TPSA) is 75.0 Å². The Balaban J connectivity index is 2.05. The molecule has 0 fully saturated rings. The van der Waals surface area contributed by atoms with Crippen molar-refractivity contribution in [3.8, 4) is 17.1 Å². The van der Waals surface area contributed by atoms with Crippen LogP contribution in [0.3, 0.4) is 0 Å². The molecule has 0 saturated carbocycles. The maximum absolute atomic E-state index is 12.6. The molecule has 0 radical (unpaired) electrons. The maximum atomic E-state index is 12.6. The van der Waals surface area contributed by atoms with Gasteiger partial charge < -0.3 is 18.6 Å². The smallest absolute Gasteiger partial charge is 0.347 e. The van der Waals surface area contributed by atoms with E-state index in [9.17, 15) is 9.59 Å². The van der Waals surface area contributed by atoms with Crippen LogP contribution in [0.15, 0.2) is 52.9 Å². The molecule has 2 aromatic carbocycles. The van der Waals surface area contributed by atoms with Crippen molar-refractivity contribution in [1.82, 2.24) is 0 Å². The fourth-order valence-electron chi connectivity index (χ4n) is 2.86. The van der Waals surface area contributed by atoms with Crippen LogP contribution in [-0.4, -0.2) is 31.3 Å². The minimum absolute atomic E-state index is 0.246. The van der Waals surface area contributed by atoms with Crippen LogP contribution in [0.25, 0.3) is 22.3 Å². The summed E-state index contributed by atoms with van der Waals surface area (Å²) in [5.74, 6) is -0.0651. The lowest BCUT2D eigenvalue weighted by Gasteiger charge is -2.13. The Kier molecular flexibility index (Phi) is 5.99. The molecule has 28 heavy (non-hydrogen) atoms. The number of rotatable bonds is 7. The summed E-state index contributed by atoms with van der Waals surface area (Å²) in [6, 6.07) is 14.4. The number of esters is 2. The van der Waals surface area contributed by atoms with Crippen LogP contribution >= 0.6 is 0 Å². The summed E-state index contributed by atoms with van der Waals surface area (Å²) >= 11 is 0. The Bertz CT molecular complexity index is 973. The quantitative estimate of drug-likeness (QED) is 0.556. The van der Waals surface area contributed by atoms with Crippen LogP contribution in [0.1, 0.15) is 31.1 Å². The lowest BCUT2D eigenvalue weighted by Crippen LogP contribution is -2.26. The molecule has 0 amide bonds. The van der Waals surface area contributed by atoms with Crippen molar-refractivity contribution in [2.75, 3.05) is 13.2 Å². The van der Waals surface area contributed by atoms with Crippen molar-refractivity contribution in [3.63, 3.8) is 0 Å². The highest BCUT2D eigenvalue weighted by atomic mass is 16.6. The van der Waals surface area contributed by atoms with Gasteiger partial charge in [-0.25, -0.2) is 9.59 Å². The van der Waals surface area contributed by atoms with Gasteiger partial charge in [-0.1, -0.05) is 30.3 Å². The maximum Gasteiger partial charge on any atom is 0.347 e.